The Morgan fingerprint density at radius 1 is 1.10 bits per heavy atom. The van der Waals surface area contributed by atoms with Crippen LogP contribution in [0.25, 0.3) is 0 Å². The first kappa shape index (κ1) is 16.9. The molecule has 1 unspecified atom stereocenters. The molecule has 0 saturated carbocycles. The minimum atomic E-state index is -0.882. The van der Waals surface area contributed by atoms with E-state index in [1.165, 1.54) is 12.1 Å². The summed E-state index contributed by atoms with van der Waals surface area (Å²) in [5.74, 6) is -0.910. The molecule has 116 valence electrons. The number of benzene rings is 1. The first-order chi connectivity index (χ1) is 9.88. The van der Waals surface area contributed by atoms with Gasteiger partial charge < -0.3 is 5.11 Å². The van der Waals surface area contributed by atoms with Gasteiger partial charge in [-0.05, 0) is 17.9 Å². The van der Waals surface area contributed by atoms with Gasteiger partial charge >= 0.3 is 11.4 Å². The van der Waals surface area contributed by atoms with Gasteiger partial charge in [0.15, 0.2) is 0 Å². The van der Waals surface area contributed by atoms with E-state index in [4.69, 9.17) is 0 Å². The summed E-state index contributed by atoms with van der Waals surface area (Å²) in [5, 5.41) is 31.4. The van der Waals surface area contributed by atoms with Crippen molar-refractivity contribution in [3.05, 3.63) is 37.9 Å². The minimum Gasteiger partial charge on any atom is -0.497 e. The number of rotatable bonds is 8. The van der Waals surface area contributed by atoms with Gasteiger partial charge in [0, 0.05) is 12.1 Å². The minimum absolute atomic E-state index is 0.0279. The monoisotopic (exact) mass is 296 g/mol. The quantitative estimate of drug-likeness (QED) is 0.437. The van der Waals surface area contributed by atoms with Crippen molar-refractivity contribution in [2.75, 3.05) is 0 Å². The van der Waals surface area contributed by atoms with Gasteiger partial charge in [0.05, 0.1) is 9.85 Å². The van der Waals surface area contributed by atoms with E-state index in [0.29, 0.717) is 5.56 Å². The third-order valence-electron chi connectivity index (χ3n) is 3.55. The van der Waals surface area contributed by atoms with Gasteiger partial charge in [-0.1, -0.05) is 39.5 Å². The van der Waals surface area contributed by atoms with E-state index in [9.17, 15) is 25.3 Å². The maximum Gasteiger partial charge on any atom is 0.318 e. The van der Waals surface area contributed by atoms with Crippen LogP contribution >= 0.6 is 0 Å². The number of nitrogens with zero attached hydrogens (tertiary/aromatic N) is 2. The van der Waals surface area contributed by atoms with Crippen molar-refractivity contribution >= 4 is 11.4 Å². The van der Waals surface area contributed by atoms with Crippen molar-refractivity contribution in [2.45, 2.75) is 51.9 Å². The van der Waals surface area contributed by atoms with E-state index >= 15 is 0 Å². The lowest BCUT2D eigenvalue weighted by Crippen LogP contribution is -2.00. The molecule has 1 atom stereocenters. The normalized spacial score (nSPS) is 12.1. The molecule has 0 spiro atoms. The van der Waals surface area contributed by atoms with E-state index in [-0.39, 0.29) is 5.92 Å². The van der Waals surface area contributed by atoms with Crippen LogP contribution in [0.4, 0.5) is 11.4 Å². The summed E-state index contributed by atoms with van der Waals surface area (Å²) < 4.78 is 0. The van der Waals surface area contributed by atoms with Gasteiger partial charge in [-0.3, -0.25) is 20.2 Å². The second-order valence-electron chi connectivity index (χ2n) is 5.17. The average molecular weight is 296 g/mol. The summed E-state index contributed by atoms with van der Waals surface area (Å²) in [6, 6.07) is 2.46. The standard InChI is InChI=1S/C14H20N2O5/c1-3-4-5-6-7-10(2)11-8-12(15(18)19)14(17)13(9-11)16(20)21/h8-10,17H,3-7H2,1-2H3. The molecule has 0 heterocycles. The number of nitro groups is 2. The maximum atomic E-state index is 10.9. The zero-order chi connectivity index (χ0) is 16.0. The molecule has 1 aromatic carbocycles. The molecule has 0 saturated heterocycles. The van der Waals surface area contributed by atoms with E-state index in [2.05, 4.69) is 6.92 Å². The molecule has 1 N–H and O–H groups in total. The first-order valence-electron chi connectivity index (χ1n) is 7.04. The van der Waals surface area contributed by atoms with Gasteiger partial charge in [-0.15, -0.1) is 0 Å². The Kier molecular flexibility index (Phi) is 6.08. The van der Waals surface area contributed by atoms with Gasteiger partial charge in [-0.25, -0.2) is 0 Å². The fourth-order valence-electron chi connectivity index (χ4n) is 2.23. The number of hydrogen-bond acceptors (Lipinski definition) is 5. The van der Waals surface area contributed by atoms with Crippen LogP contribution in [0, 0.1) is 20.2 Å². The van der Waals surface area contributed by atoms with Crippen LogP contribution in [0.2, 0.25) is 0 Å². The van der Waals surface area contributed by atoms with Gasteiger partial charge in [0.1, 0.15) is 0 Å². The van der Waals surface area contributed by atoms with E-state index in [0.717, 1.165) is 32.1 Å². The molecular weight excluding hydrogens is 276 g/mol. The summed E-state index contributed by atoms with van der Waals surface area (Å²) in [7, 11) is 0. The van der Waals surface area contributed by atoms with E-state index in [1.54, 1.807) is 0 Å². The van der Waals surface area contributed by atoms with Crippen molar-refractivity contribution in [3.8, 4) is 5.75 Å². The number of nitro benzene ring substituents is 2. The highest BCUT2D eigenvalue weighted by atomic mass is 16.6. The molecule has 7 heteroatoms. The predicted molar refractivity (Wildman–Crippen MR) is 78.6 cm³/mol. The predicted octanol–water partition coefficient (Wildman–Crippen LogP) is 4.28. The molecule has 0 radical (unpaired) electrons. The summed E-state index contributed by atoms with van der Waals surface area (Å²) in [6.45, 7) is 3.99. The molecule has 21 heavy (non-hydrogen) atoms. The summed E-state index contributed by atoms with van der Waals surface area (Å²) in [5.41, 5.74) is -0.707. The second-order valence-corrected chi connectivity index (χ2v) is 5.17. The Morgan fingerprint density at radius 2 is 1.62 bits per heavy atom. The fourth-order valence-corrected chi connectivity index (χ4v) is 2.23. The number of aromatic hydroxyl groups is 1. The molecule has 0 aliphatic carbocycles. The lowest BCUT2D eigenvalue weighted by Gasteiger charge is -2.12. The lowest BCUT2D eigenvalue weighted by atomic mass is 9.94. The van der Waals surface area contributed by atoms with Crippen LogP contribution < -0.4 is 0 Å². The maximum absolute atomic E-state index is 10.9. The number of phenolic OH excluding ortho intramolecular Hbond substituents is 1. The van der Waals surface area contributed by atoms with E-state index in [1.807, 2.05) is 6.92 Å². The van der Waals surface area contributed by atoms with Crippen molar-refractivity contribution < 1.29 is 15.0 Å². The number of phenols is 1. The van der Waals surface area contributed by atoms with Crippen LogP contribution in [0.1, 0.15) is 57.4 Å². The molecule has 0 fully saturated rings. The molecule has 0 aromatic heterocycles. The Balaban J connectivity index is 3.01. The Labute approximate surface area is 122 Å². The first-order valence-corrected chi connectivity index (χ1v) is 7.04. The average Bonchev–Trinajstić information content (AvgIpc) is 2.42. The largest absolute Gasteiger partial charge is 0.497 e. The summed E-state index contributed by atoms with van der Waals surface area (Å²) in [4.78, 5) is 20.2. The van der Waals surface area contributed by atoms with Crippen LogP contribution in [0.3, 0.4) is 0 Å². The Bertz CT molecular complexity index is 495. The summed E-state index contributed by atoms with van der Waals surface area (Å²) in [6.07, 6.45) is 5.09. The smallest absolute Gasteiger partial charge is 0.318 e. The molecule has 1 rings (SSSR count). The molecule has 0 aliphatic rings. The molecule has 0 amide bonds. The third kappa shape index (κ3) is 4.40. The van der Waals surface area contributed by atoms with Gasteiger partial charge in [0.2, 0.25) is 0 Å². The zero-order valence-electron chi connectivity index (χ0n) is 12.2. The Morgan fingerprint density at radius 3 is 2.05 bits per heavy atom. The van der Waals surface area contributed by atoms with Crippen molar-refractivity contribution in [3.63, 3.8) is 0 Å². The third-order valence-corrected chi connectivity index (χ3v) is 3.55. The van der Waals surface area contributed by atoms with Crippen LogP contribution in [0.5, 0.6) is 5.75 Å². The van der Waals surface area contributed by atoms with Crippen LogP contribution in [0.15, 0.2) is 12.1 Å². The van der Waals surface area contributed by atoms with Crippen molar-refractivity contribution in [1.82, 2.24) is 0 Å². The number of unbranched alkanes of at least 4 members (excludes halogenated alkanes) is 3. The van der Waals surface area contributed by atoms with Crippen molar-refractivity contribution in [2.24, 2.45) is 0 Å². The highest BCUT2D eigenvalue weighted by Crippen LogP contribution is 2.39. The number of hydrogen-bond donors (Lipinski definition) is 1. The molecule has 7 nitrogen and oxygen atoms in total. The van der Waals surface area contributed by atoms with Gasteiger partial charge in [-0.2, -0.15) is 0 Å². The zero-order valence-corrected chi connectivity index (χ0v) is 12.2. The highest BCUT2D eigenvalue weighted by Gasteiger charge is 2.27. The fraction of sp³-hybridized carbons (Fsp3) is 0.571. The lowest BCUT2D eigenvalue weighted by molar-refractivity contribution is -0.396. The second kappa shape index (κ2) is 7.56. The molecule has 0 bridgehead atoms. The Hall–Kier alpha value is -2.18. The van der Waals surface area contributed by atoms with E-state index < -0.39 is 27.0 Å². The molecule has 0 aliphatic heterocycles. The summed E-state index contributed by atoms with van der Waals surface area (Å²) >= 11 is 0. The molecule has 1 aromatic rings. The van der Waals surface area contributed by atoms with Crippen LogP contribution in [-0.4, -0.2) is 15.0 Å². The van der Waals surface area contributed by atoms with Crippen molar-refractivity contribution in [1.29, 1.82) is 0 Å². The van der Waals surface area contributed by atoms with Gasteiger partial charge in [0.25, 0.3) is 5.75 Å². The molecular formula is C14H20N2O5. The topological polar surface area (TPSA) is 107 Å². The highest BCUT2D eigenvalue weighted by molar-refractivity contribution is 5.61. The SMILES string of the molecule is CCCCCCC(C)c1cc([N+](=O)[O-])c(O)c([N+](=O)[O-])c1. The van der Waals surface area contributed by atoms with Crippen LogP contribution in [-0.2, 0) is 0 Å².